The van der Waals surface area contributed by atoms with Crippen molar-refractivity contribution in [1.82, 2.24) is 0 Å². The van der Waals surface area contributed by atoms with Gasteiger partial charge < -0.3 is 4.90 Å². The Morgan fingerprint density at radius 1 is 0.865 bits per heavy atom. The molecular weight excluding hydrogens is 454 g/mol. The third-order valence-electron chi connectivity index (χ3n) is 10.2. The molecule has 0 radical (unpaired) electrons. The van der Waals surface area contributed by atoms with Gasteiger partial charge in [-0.1, -0.05) is 61.7 Å². The molecule has 2 aromatic rings. The van der Waals surface area contributed by atoms with Crippen LogP contribution in [0.25, 0.3) is 6.08 Å². The predicted molar refractivity (Wildman–Crippen MR) is 151 cm³/mol. The molecule has 194 valence electrons. The smallest absolute Gasteiger partial charge is 0.230 e. The van der Waals surface area contributed by atoms with Gasteiger partial charge in [-0.3, -0.25) is 9.59 Å². The van der Waals surface area contributed by atoms with Gasteiger partial charge in [-0.25, -0.2) is 0 Å². The molecule has 0 unspecified atom stereocenters. The van der Waals surface area contributed by atoms with Crippen LogP contribution >= 0.6 is 0 Å². The molecular formula is C34H41NO2. The van der Waals surface area contributed by atoms with Gasteiger partial charge in [0.1, 0.15) is 6.29 Å². The maximum absolute atomic E-state index is 14.0. The van der Waals surface area contributed by atoms with Gasteiger partial charge in [0.25, 0.3) is 0 Å². The minimum atomic E-state index is 0.149. The lowest BCUT2D eigenvalue weighted by Gasteiger charge is -2.55. The molecule has 0 spiro atoms. The Morgan fingerprint density at radius 3 is 2.22 bits per heavy atom. The summed E-state index contributed by atoms with van der Waals surface area (Å²) in [6, 6.07) is 17.9. The van der Waals surface area contributed by atoms with Gasteiger partial charge >= 0.3 is 0 Å². The highest BCUT2D eigenvalue weighted by atomic mass is 16.2. The Hall–Kier alpha value is -2.68. The lowest BCUT2D eigenvalue weighted by molar-refractivity contribution is -0.124. The lowest BCUT2D eigenvalue weighted by Crippen LogP contribution is -2.51. The second-order valence-corrected chi connectivity index (χ2v) is 12.5. The first-order valence-corrected chi connectivity index (χ1v) is 14.7. The standard InChI is InChI=1S/C34H41NO2/c36-23-5-7-26-6-4-10-31(24-26)35(32(37)29-8-2-1-3-9-29)25-33-17-20-34(21-18-33,22-19-33)30-15-13-28(14-16-30)27-11-12-27/h4-7,10,13-16,23-24,27,29H,1-3,8-9,11-12,17-22,25H2/b7-5+. The van der Waals surface area contributed by atoms with Crippen LogP contribution in [0.4, 0.5) is 5.69 Å². The molecule has 0 aromatic heterocycles. The Bertz CT molecular complexity index is 1130. The number of hydrogen-bond acceptors (Lipinski definition) is 2. The molecule has 0 heterocycles. The fourth-order valence-electron chi connectivity index (χ4n) is 7.61. The number of anilines is 1. The number of benzene rings is 2. The zero-order chi connectivity index (χ0) is 25.3. The van der Waals surface area contributed by atoms with Crippen LogP contribution in [0, 0.1) is 11.3 Å². The average molecular weight is 496 g/mol. The number of hydrogen-bond donors (Lipinski definition) is 0. The maximum atomic E-state index is 14.0. The van der Waals surface area contributed by atoms with Crippen molar-refractivity contribution in [1.29, 1.82) is 0 Å². The minimum absolute atomic E-state index is 0.149. The Morgan fingerprint density at radius 2 is 1.57 bits per heavy atom. The number of amides is 1. The maximum Gasteiger partial charge on any atom is 0.230 e. The quantitative estimate of drug-likeness (QED) is 0.275. The molecule has 5 saturated carbocycles. The number of carbonyl (C=O) groups excluding carboxylic acids is 2. The van der Waals surface area contributed by atoms with E-state index in [2.05, 4.69) is 41.3 Å². The molecule has 2 aromatic carbocycles. The van der Waals surface area contributed by atoms with E-state index >= 15 is 0 Å². The summed E-state index contributed by atoms with van der Waals surface area (Å²) >= 11 is 0. The first-order chi connectivity index (χ1) is 18.1. The summed E-state index contributed by atoms with van der Waals surface area (Å²) < 4.78 is 0. The fourth-order valence-corrected chi connectivity index (χ4v) is 7.61. The van der Waals surface area contributed by atoms with E-state index in [0.29, 0.717) is 11.3 Å². The van der Waals surface area contributed by atoms with Gasteiger partial charge in [-0.05, 0) is 116 Å². The van der Waals surface area contributed by atoms with Gasteiger partial charge in [-0.2, -0.15) is 0 Å². The van der Waals surface area contributed by atoms with Crippen LogP contribution in [-0.2, 0) is 15.0 Å². The van der Waals surface area contributed by atoms with E-state index in [0.717, 1.165) is 42.8 Å². The Balaban J connectivity index is 1.22. The van der Waals surface area contributed by atoms with Crippen LogP contribution < -0.4 is 4.90 Å². The molecule has 0 N–H and O–H groups in total. The minimum Gasteiger partial charge on any atom is -0.312 e. The van der Waals surface area contributed by atoms with Crippen LogP contribution in [0.2, 0.25) is 0 Å². The molecule has 1 amide bonds. The molecule has 5 aliphatic rings. The van der Waals surface area contributed by atoms with Crippen molar-refractivity contribution < 1.29 is 9.59 Å². The Kier molecular flexibility index (Phi) is 6.82. The third-order valence-corrected chi connectivity index (χ3v) is 10.2. The van der Waals surface area contributed by atoms with Crippen molar-refractivity contribution in [3.63, 3.8) is 0 Å². The zero-order valence-corrected chi connectivity index (χ0v) is 22.2. The topological polar surface area (TPSA) is 37.4 Å². The molecule has 3 heteroatoms. The highest BCUT2D eigenvalue weighted by Gasteiger charge is 2.50. The third kappa shape index (κ3) is 5.07. The van der Waals surface area contributed by atoms with Gasteiger partial charge in [0.05, 0.1) is 0 Å². The van der Waals surface area contributed by atoms with Gasteiger partial charge in [-0.15, -0.1) is 0 Å². The summed E-state index contributed by atoms with van der Waals surface area (Å²) in [5, 5.41) is 0. The number of aldehydes is 1. The first-order valence-electron chi connectivity index (χ1n) is 14.7. The monoisotopic (exact) mass is 495 g/mol. The van der Waals surface area contributed by atoms with E-state index in [1.54, 1.807) is 5.56 Å². The summed E-state index contributed by atoms with van der Waals surface area (Å²) in [7, 11) is 0. The van der Waals surface area contributed by atoms with Crippen LogP contribution in [-0.4, -0.2) is 18.7 Å². The van der Waals surface area contributed by atoms with E-state index in [-0.39, 0.29) is 11.3 Å². The van der Waals surface area contributed by atoms with Gasteiger partial charge in [0, 0.05) is 18.2 Å². The number of rotatable bonds is 8. The first kappa shape index (κ1) is 24.6. The number of carbonyl (C=O) groups is 2. The van der Waals surface area contributed by atoms with Gasteiger partial charge in [0.2, 0.25) is 5.91 Å². The summed E-state index contributed by atoms with van der Waals surface area (Å²) in [6.45, 7) is 0.833. The molecule has 5 fully saturated rings. The highest BCUT2D eigenvalue weighted by Crippen LogP contribution is 2.58. The predicted octanol–water partition coefficient (Wildman–Crippen LogP) is 7.98. The second-order valence-electron chi connectivity index (χ2n) is 12.5. The summed E-state index contributed by atoms with van der Waals surface area (Å²) in [6.07, 6.45) is 19.9. The lowest BCUT2D eigenvalue weighted by atomic mass is 9.51. The molecule has 3 nitrogen and oxygen atoms in total. The molecule has 2 bridgehead atoms. The summed E-state index contributed by atoms with van der Waals surface area (Å²) in [5.74, 6) is 1.29. The van der Waals surface area contributed by atoms with Gasteiger partial charge in [0.15, 0.2) is 0 Å². The van der Waals surface area contributed by atoms with E-state index < -0.39 is 0 Å². The van der Waals surface area contributed by atoms with Crippen LogP contribution in [0.5, 0.6) is 0 Å². The largest absolute Gasteiger partial charge is 0.312 e. The summed E-state index contributed by atoms with van der Waals surface area (Å²) in [5.41, 5.74) is 5.61. The van der Waals surface area contributed by atoms with E-state index in [1.807, 2.05) is 18.2 Å². The van der Waals surface area contributed by atoms with Crippen molar-refractivity contribution in [2.75, 3.05) is 11.4 Å². The van der Waals surface area contributed by atoms with Crippen molar-refractivity contribution in [2.45, 2.75) is 94.8 Å². The summed E-state index contributed by atoms with van der Waals surface area (Å²) in [4.78, 5) is 27.0. The highest BCUT2D eigenvalue weighted by molar-refractivity contribution is 5.95. The zero-order valence-electron chi connectivity index (χ0n) is 22.2. The van der Waals surface area contributed by atoms with Crippen molar-refractivity contribution in [2.24, 2.45) is 11.3 Å². The van der Waals surface area contributed by atoms with E-state index in [9.17, 15) is 9.59 Å². The number of nitrogens with zero attached hydrogens (tertiary/aromatic N) is 1. The van der Waals surface area contributed by atoms with E-state index in [1.165, 1.54) is 82.3 Å². The van der Waals surface area contributed by atoms with Crippen LogP contribution in [0.15, 0.2) is 54.6 Å². The van der Waals surface area contributed by atoms with Crippen LogP contribution in [0.3, 0.4) is 0 Å². The van der Waals surface area contributed by atoms with Crippen molar-refractivity contribution in [3.8, 4) is 0 Å². The number of fused-ring (bicyclic) bond motifs is 3. The molecule has 0 aliphatic heterocycles. The van der Waals surface area contributed by atoms with E-state index in [4.69, 9.17) is 0 Å². The Labute approximate surface area is 222 Å². The molecule has 0 atom stereocenters. The van der Waals surface area contributed by atoms with Crippen molar-refractivity contribution >= 4 is 24.0 Å². The normalized spacial score (nSPS) is 27.9. The molecule has 5 aliphatic carbocycles. The molecule has 37 heavy (non-hydrogen) atoms. The number of allylic oxidation sites excluding steroid dienone is 1. The SMILES string of the molecule is O=C/C=C/c1cccc(N(CC23CCC(c4ccc(C5CC5)cc4)(CC2)CC3)C(=O)C2CCCCC2)c1. The van der Waals surface area contributed by atoms with Crippen molar-refractivity contribution in [3.05, 3.63) is 71.3 Å². The molecule has 0 saturated heterocycles. The van der Waals surface area contributed by atoms with Crippen LogP contribution in [0.1, 0.15) is 106 Å². The fraction of sp³-hybridized carbons (Fsp3) is 0.529. The average Bonchev–Trinajstić information content (AvgIpc) is 3.82. The molecule has 7 rings (SSSR count). The second kappa shape index (κ2) is 10.2.